The SMILES string of the molecule is CCCCOC(OCCCC)[C@@H]1CN(c2ccc(C3CCN(C(=O)OCc4ccccc4)CC3)cc2)CCO1. The second-order valence-electron chi connectivity index (χ2n) is 10.6. The molecule has 0 saturated carbocycles. The minimum absolute atomic E-state index is 0.0990. The first-order valence-electron chi connectivity index (χ1n) is 14.8. The molecule has 1 amide bonds. The third-order valence-electron chi connectivity index (χ3n) is 7.64. The Morgan fingerprint density at radius 2 is 1.59 bits per heavy atom. The molecule has 0 N–H and O–H groups in total. The van der Waals surface area contributed by atoms with E-state index < -0.39 is 0 Å². The number of morpholine rings is 1. The predicted molar refractivity (Wildman–Crippen MR) is 154 cm³/mol. The van der Waals surface area contributed by atoms with Crippen molar-refractivity contribution in [1.82, 2.24) is 4.90 Å². The number of amides is 1. The Morgan fingerprint density at radius 3 is 2.23 bits per heavy atom. The molecular formula is C32H46N2O5. The largest absolute Gasteiger partial charge is 0.445 e. The van der Waals surface area contributed by atoms with Crippen molar-refractivity contribution in [3.05, 3.63) is 65.7 Å². The van der Waals surface area contributed by atoms with E-state index in [1.165, 1.54) is 11.3 Å². The van der Waals surface area contributed by atoms with Crippen molar-refractivity contribution in [1.29, 1.82) is 0 Å². The molecule has 1 atom stereocenters. The number of carbonyl (C=O) groups excluding carboxylic acids is 1. The number of hydrogen-bond donors (Lipinski definition) is 0. The minimum atomic E-state index is -0.324. The molecule has 2 aliphatic rings. The van der Waals surface area contributed by atoms with E-state index in [4.69, 9.17) is 18.9 Å². The summed E-state index contributed by atoms with van der Waals surface area (Å²) in [6.07, 6.45) is 5.51. The molecule has 2 aromatic carbocycles. The summed E-state index contributed by atoms with van der Waals surface area (Å²) in [6, 6.07) is 18.8. The highest BCUT2D eigenvalue weighted by Gasteiger charge is 2.30. The quantitative estimate of drug-likeness (QED) is 0.218. The summed E-state index contributed by atoms with van der Waals surface area (Å²) in [5, 5.41) is 0. The van der Waals surface area contributed by atoms with Gasteiger partial charge in [-0.2, -0.15) is 0 Å². The molecule has 7 nitrogen and oxygen atoms in total. The first-order valence-corrected chi connectivity index (χ1v) is 14.8. The fourth-order valence-electron chi connectivity index (χ4n) is 5.19. The summed E-state index contributed by atoms with van der Waals surface area (Å²) in [6.45, 7) is 9.78. The van der Waals surface area contributed by atoms with Crippen molar-refractivity contribution in [2.75, 3.05) is 50.9 Å². The molecule has 7 heteroatoms. The summed E-state index contributed by atoms with van der Waals surface area (Å²) in [5.41, 5.74) is 3.55. The van der Waals surface area contributed by atoms with Crippen LogP contribution in [0.5, 0.6) is 0 Å². The van der Waals surface area contributed by atoms with Crippen LogP contribution in [-0.4, -0.2) is 69.4 Å². The van der Waals surface area contributed by atoms with Crippen molar-refractivity contribution < 1.29 is 23.7 Å². The molecule has 2 aromatic rings. The van der Waals surface area contributed by atoms with Gasteiger partial charge in [0.15, 0.2) is 6.29 Å². The standard InChI is InChI=1S/C32H46N2O5/c1-3-5-21-37-31(38-22-6-4-2)30-24-34(20-23-36-30)29-14-12-27(13-15-29)28-16-18-33(19-17-28)32(35)39-25-26-10-8-7-9-11-26/h7-15,28,30-31H,3-6,16-25H2,1-2H3/t30-/m0/s1. The van der Waals surface area contributed by atoms with Gasteiger partial charge in [0.1, 0.15) is 12.7 Å². The molecule has 39 heavy (non-hydrogen) atoms. The maximum atomic E-state index is 12.5. The molecule has 2 aliphatic heterocycles. The van der Waals surface area contributed by atoms with E-state index in [1.54, 1.807) is 0 Å². The molecule has 0 unspecified atom stereocenters. The average molecular weight is 539 g/mol. The Kier molecular flexibility index (Phi) is 11.9. The normalized spacial score (nSPS) is 18.5. The Morgan fingerprint density at radius 1 is 0.923 bits per heavy atom. The monoisotopic (exact) mass is 538 g/mol. The Labute approximate surface area is 234 Å². The lowest BCUT2D eigenvalue weighted by atomic mass is 9.89. The number of piperidine rings is 1. The smallest absolute Gasteiger partial charge is 0.410 e. The predicted octanol–water partition coefficient (Wildman–Crippen LogP) is 6.37. The van der Waals surface area contributed by atoms with Crippen molar-refractivity contribution >= 4 is 11.8 Å². The second-order valence-corrected chi connectivity index (χ2v) is 10.6. The van der Waals surface area contributed by atoms with E-state index in [1.807, 2.05) is 35.2 Å². The average Bonchev–Trinajstić information content (AvgIpc) is 3.00. The van der Waals surface area contributed by atoms with Gasteiger partial charge in [0, 0.05) is 45.1 Å². The van der Waals surface area contributed by atoms with Gasteiger partial charge in [-0.15, -0.1) is 0 Å². The Hall–Kier alpha value is -2.61. The fraction of sp³-hybridized carbons (Fsp3) is 0.594. The number of nitrogens with zero attached hydrogens (tertiary/aromatic N) is 2. The van der Waals surface area contributed by atoms with Crippen LogP contribution < -0.4 is 4.90 Å². The van der Waals surface area contributed by atoms with E-state index in [0.29, 0.717) is 32.3 Å². The number of rotatable bonds is 13. The third kappa shape index (κ3) is 8.95. The van der Waals surface area contributed by atoms with Crippen LogP contribution >= 0.6 is 0 Å². The van der Waals surface area contributed by atoms with E-state index >= 15 is 0 Å². The zero-order valence-corrected chi connectivity index (χ0v) is 23.8. The maximum absolute atomic E-state index is 12.5. The zero-order valence-electron chi connectivity index (χ0n) is 23.8. The highest BCUT2D eigenvalue weighted by Crippen LogP contribution is 2.30. The minimum Gasteiger partial charge on any atom is -0.445 e. The molecule has 4 rings (SSSR count). The van der Waals surface area contributed by atoms with Crippen molar-refractivity contribution in [2.45, 2.75) is 77.3 Å². The van der Waals surface area contributed by atoms with Gasteiger partial charge < -0.3 is 28.7 Å². The van der Waals surface area contributed by atoms with Gasteiger partial charge in [0.25, 0.3) is 0 Å². The molecule has 2 heterocycles. The van der Waals surface area contributed by atoms with E-state index in [9.17, 15) is 4.79 Å². The number of anilines is 1. The molecule has 2 fully saturated rings. The number of benzene rings is 2. The van der Waals surface area contributed by atoms with Crippen LogP contribution in [0.15, 0.2) is 54.6 Å². The van der Waals surface area contributed by atoms with Gasteiger partial charge >= 0.3 is 6.09 Å². The summed E-state index contributed by atoms with van der Waals surface area (Å²) < 4.78 is 23.8. The van der Waals surface area contributed by atoms with Crippen LogP contribution in [0.25, 0.3) is 0 Å². The number of carbonyl (C=O) groups is 1. The number of hydrogen-bond acceptors (Lipinski definition) is 6. The van der Waals surface area contributed by atoms with E-state index in [0.717, 1.165) is 70.3 Å². The lowest BCUT2D eigenvalue weighted by molar-refractivity contribution is -0.209. The van der Waals surface area contributed by atoms with Crippen LogP contribution in [0.4, 0.5) is 10.5 Å². The molecular weight excluding hydrogens is 492 g/mol. The summed E-state index contributed by atoms with van der Waals surface area (Å²) >= 11 is 0. The second kappa shape index (κ2) is 15.8. The first kappa shape index (κ1) is 29.4. The van der Waals surface area contributed by atoms with Crippen LogP contribution in [0.2, 0.25) is 0 Å². The van der Waals surface area contributed by atoms with Gasteiger partial charge in [0.2, 0.25) is 0 Å². The highest BCUT2D eigenvalue weighted by atomic mass is 16.7. The third-order valence-corrected chi connectivity index (χ3v) is 7.64. The lowest BCUT2D eigenvalue weighted by Crippen LogP contribution is -2.49. The van der Waals surface area contributed by atoms with Crippen LogP contribution in [0.3, 0.4) is 0 Å². The molecule has 0 spiro atoms. The topological polar surface area (TPSA) is 60.5 Å². The van der Waals surface area contributed by atoms with E-state index in [2.05, 4.69) is 43.0 Å². The number of unbranched alkanes of at least 4 members (excludes halogenated alkanes) is 2. The number of ether oxygens (including phenoxy) is 4. The lowest BCUT2D eigenvalue weighted by Gasteiger charge is -2.38. The molecule has 0 radical (unpaired) electrons. The molecule has 0 bridgehead atoms. The molecule has 0 aromatic heterocycles. The van der Waals surface area contributed by atoms with Crippen LogP contribution in [0.1, 0.15) is 69.4 Å². The van der Waals surface area contributed by atoms with Gasteiger partial charge in [-0.05, 0) is 54.9 Å². The van der Waals surface area contributed by atoms with Gasteiger partial charge in [-0.1, -0.05) is 69.2 Å². The Bertz CT molecular complexity index is 952. The van der Waals surface area contributed by atoms with Crippen molar-refractivity contribution in [3.8, 4) is 0 Å². The van der Waals surface area contributed by atoms with Gasteiger partial charge in [-0.25, -0.2) is 4.79 Å². The summed E-state index contributed by atoms with van der Waals surface area (Å²) in [5.74, 6) is 0.456. The summed E-state index contributed by atoms with van der Waals surface area (Å²) in [4.78, 5) is 16.7. The Balaban J connectivity index is 1.26. The fourth-order valence-corrected chi connectivity index (χ4v) is 5.19. The number of likely N-dealkylation sites (tertiary alicyclic amines) is 1. The van der Waals surface area contributed by atoms with Crippen molar-refractivity contribution in [3.63, 3.8) is 0 Å². The molecule has 0 aliphatic carbocycles. The van der Waals surface area contributed by atoms with E-state index in [-0.39, 0.29) is 18.5 Å². The molecule has 2 saturated heterocycles. The van der Waals surface area contributed by atoms with Crippen LogP contribution in [-0.2, 0) is 25.6 Å². The van der Waals surface area contributed by atoms with Gasteiger partial charge in [0.05, 0.1) is 6.61 Å². The highest BCUT2D eigenvalue weighted by molar-refractivity contribution is 5.67. The zero-order chi connectivity index (χ0) is 27.3. The first-order chi connectivity index (χ1) is 19.2. The molecule has 214 valence electrons. The maximum Gasteiger partial charge on any atom is 0.410 e. The van der Waals surface area contributed by atoms with Crippen LogP contribution in [0, 0.1) is 0 Å². The van der Waals surface area contributed by atoms with Gasteiger partial charge in [-0.3, -0.25) is 0 Å². The van der Waals surface area contributed by atoms with Crippen molar-refractivity contribution in [2.24, 2.45) is 0 Å². The summed E-state index contributed by atoms with van der Waals surface area (Å²) in [7, 11) is 0.